The summed E-state index contributed by atoms with van der Waals surface area (Å²) in [6.45, 7) is 2.32. The Balaban J connectivity index is 2.78. The molecular formula is C8H8BClO4-2. The second-order valence-electron chi connectivity index (χ2n) is 2.43. The van der Waals surface area contributed by atoms with E-state index in [9.17, 15) is 10.0 Å². The topological polar surface area (TPSA) is 64.6 Å². The molecule has 14 heavy (non-hydrogen) atoms. The van der Waals surface area contributed by atoms with Crippen LogP contribution in [-0.2, 0) is 0 Å². The fourth-order valence-electron chi connectivity index (χ4n) is 0.939. The van der Waals surface area contributed by atoms with E-state index >= 15 is 0 Å². The summed E-state index contributed by atoms with van der Waals surface area (Å²) in [6.07, 6.45) is 0. The van der Waals surface area contributed by atoms with E-state index in [0.29, 0.717) is 17.4 Å². The van der Waals surface area contributed by atoms with E-state index in [1.807, 2.05) is 6.92 Å². The molecule has 0 amide bonds. The van der Waals surface area contributed by atoms with Gasteiger partial charge in [0.05, 0.1) is 17.4 Å². The molecule has 0 aliphatic rings. The van der Waals surface area contributed by atoms with Crippen LogP contribution in [0.25, 0.3) is 0 Å². The summed E-state index contributed by atoms with van der Waals surface area (Å²) in [5, 5.41) is 20.6. The Labute approximate surface area is 87.2 Å². The van der Waals surface area contributed by atoms with Crippen LogP contribution < -0.4 is 19.4 Å². The highest BCUT2D eigenvalue weighted by Gasteiger charge is 2.01. The second-order valence-corrected chi connectivity index (χ2v) is 2.84. The van der Waals surface area contributed by atoms with Crippen LogP contribution in [0.4, 0.5) is 0 Å². The maximum atomic E-state index is 10.2. The quantitative estimate of drug-likeness (QED) is 0.653. The molecule has 0 fully saturated rings. The lowest BCUT2D eigenvalue weighted by Crippen LogP contribution is -2.50. The zero-order valence-corrected chi connectivity index (χ0v) is 8.28. The van der Waals surface area contributed by atoms with Crippen molar-refractivity contribution in [1.82, 2.24) is 0 Å². The summed E-state index contributed by atoms with van der Waals surface area (Å²) in [6, 6.07) is 4.37. The van der Waals surface area contributed by atoms with Gasteiger partial charge in [0, 0.05) is 6.07 Å². The highest BCUT2D eigenvalue weighted by Crippen LogP contribution is 2.28. The van der Waals surface area contributed by atoms with Gasteiger partial charge in [0.2, 0.25) is 0 Å². The summed E-state index contributed by atoms with van der Waals surface area (Å²) in [7, 11) is -2.34. The molecule has 1 rings (SSSR count). The largest absolute Gasteiger partial charge is 0.860 e. The van der Waals surface area contributed by atoms with Gasteiger partial charge in [-0.3, -0.25) is 0 Å². The SMILES string of the molecule is CCOc1ccc(OB([O-])[O-])cc1Cl. The van der Waals surface area contributed by atoms with E-state index in [4.69, 9.17) is 16.3 Å². The Kier molecular flexibility index (Phi) is 4.07. The van der Waals surface area contributed by atoms with Gasteiger partial charge in [-0.1, -0.05) is 11.6 Å². The Bertz CT molecular complexity index is 305. The first-order valence-electron chi connectivity index (χ1n) is 4.04. The summed E-state index contributed by atoms with van der Waals surface area (Å²) in [5.74, 6) is 0.642. The maximum Gasteiger partial charge on any atom is 0.138 e. The van der Waals surface area contributed by atoms with Gasteiger partial charge < -0.3 is 19.4 Å². The van der Waals surface area contributed by atoms with Crippen molar-refractivity contribution in [3.05, 3.63) is 23.2 Å². The van der Waals surface area contributed by atoms with E-state index in [2.05, 4.69) is 4.65 Å². The van der Waals surface area contributed by atoms with Crippen molar-refractivity contribution in [2.75, 3.05) is 6.61 Å². The first-order valence-corrected chi connectivity index (χ1v) is 4.42. The minimum absolute atomic E-state index is 0.147. The van der Waals surface area contributed by atoms with Gasteiger partial charge >= 0.3 is 0 Å². The van der Waals surface area contributed by atoms with E-state index in [0.717, 1.165) is 0 Å². The molecule has 1 aromatic rings. The molecule has 0 radical (unpaired) electrons. The highest BCUT2D eigenvalue weighted by molar-refractivity contribution is 6.32. The van der Waals surface area contributed by atoms with Crippen LogP contribution in [0.1, 0.15) is 6.92 Å². The lowest BCUT2D eigenvalue weighted by atomic mass is 10.2. The molecule has 0 aliphatic carbocycles. The number of hydrogen-bond acceptors (Lipinski definition) is 4. The number of benzene rings is 1. The van der Waals surface area contributed by atoms with Gasteiger partial charge in [0.1, 0.15) is 13.1 Å². The van der Waals surface area contributed by atoms with Crippen molar-refractivity contribution in [3.63, 3.8) is 0 Å². The lowest BCUT2D eigenvalue weighted by Gasteiger charge is -2.26. The van der Waals surface area contributed by atoms with Crippen molar-refractivity contribution in [1.29, 1.82) is 0 Å². The molecule has 4 nitrogen and oxygen atoms in total. The molecule has 0 saturated heterocycles. The predicted molar refractivity (Wildman–Crippen MR) is 49.0 cm³/mol. The Hall–Kier alpha value is -0.905. The van der Waals surface area contributed by atoms with Gasteiger partial charge in [-0.15, -0.1) is 0 Å². The molecule has 0 spiro atoms. The first kappa shape index (κ1) is 11.2. The van der Waals surface area contributed by atoms with Crippen molar-refractivity contribution < 1.29 is 19.4 Å². The van der Waals surface area contributed by atoms with Gasteiger partial charge in [-0.2, -0.15) is 0 Å². The van der Waals surface area contributed by atoms with Crippen molar-refractivity contribution in [2.24, 2.45) is 0 Å². The van der Waals surface area contributed by atoms with Crippen LogP contribution >= 0.6 is 11.6 Å². The average molecular weight is 214 g/mol. The number of halogens is 1. The molecule has 0 saturated carbocycles. The summed E-state index contributed by atoms with van der Waals surface area (Å²) in [5.41, 5.74) is 0. The zero-order valence-electron chi connectivity index (χ0n) is 7.53. The summed E-state index contributed by atoms with van der Waals surface area (Å²) < 4.78 is 9.53. The van der Waals surface area contributed by atoms with Crippen LogP contribution in [0.5, 0.6) is 11.5 Å². The summed E-state index contributed by atoms with van der Waals surface area (Å²) in [4.78, 5) is 0. The van der Waals surface area contributed by atoms with Crippen molar-refractivity contribution in [2.45, 2.75) is 6.92 Å². The predicted octanol–water partition coefficient (Wildman–Crippen LogP) is -0.177. The molecule has 6 heteroatoms. The first-order chi connectivity index (χ1) is 6.63. The van der Waals surface area contributed by atoms with Crippen LogP contribution in [0.15, 0.2) is 18.2 Å². The minimum Gasteiger partial charge on any atom is -0.860 e. The fraction of sp³-hybridized carbons (Fsp3) is 0.250. The molecule has 0 aliphatic heterocycles. The van der Waals surface area contributed by atoms with Gasteiger partial charge in [-0.05, 0) is 19.1 Å². The number of rotatable bonds is 4. The van der Waals surface area contributed by atoms with Crippen molar-refractivity contribution in [3.8, 4) is 11.5 Å². The Morgan fingerprint density at radius 3 is 2.64 bits per heavy atom. The van der Waals surface area contributed by atoms with Crippen LogP contribution in [-0.4, -0.2) is 13.9 Å². The van der Waals surface area contributed by atoms with Crippen LogP contribution in [0, 0.1) is 0 Å². The number of ether oxygens (including phenoxy) is 1. The normalized spacial score (nSPS) is 9.71. The molecule has 0 heterocycles. The molecule has 1 aromatic carbocycles. The molecule has 76 valence electrons. The number of hydrogen-bond donors (Lipinski definition) is 0. The Morgan fingerprint density at radius 2 is 2.14 bits per heavy atom. The lowest BCUT2D eigenvalue weighted by molar-refractivity contribution is -0.372. The molecule has 0 unspecified atom stereocenters. The van der Waals surface area contributed by atoms with E-state index in [-0.39, 0.29) is 5.75 Å². The van der Waals surface area contributed by atoms with Crippen molar-refractivity contribution >= 4 is 18.9 Å². The van der Waals surface area contributed by atoms with E-state index < -0.39 is 7.32 Å². The fourth-order valence-corrected chi connectivity index (χ4v) is 1.16. The monoisotopic (exact) mass is 214 g/mol. The third kappa shape index (κ3) is 3.10. The van der Waals surface area contributed by atoms with Crippen LogP contribution in [0.2, 0.25) is 5.02 Å². The molecule has 0 atom stereocenters. The molecular weight excluding hydrogens is 206 g/mol. The zero-order chi connectivity index (χ0) is 10.6. The third-order valence-corrected chi connectivity index (χ3v) is 1.73. The second kappa shape index (κ2) is 5.09. The standard InChI is InChI=1S/C8H8BClO4/c1-2-13-8-4-3-6(5-7(8)10)14-9(11)12/h3-5H,2H2,1H3/q-2. The van der Waals surface area contributed by atoms with Gasteiger partial charge in [0.25, 0.3) is 0 Å². The third-order valence-electron chi connectivity index (χ3n) is 1.44. The van der Waals surface area contributed by atoms with E-state index in [1.54, 1.807) is 6.07 Å². The van der Waals surface area contributed by atoms with Gasteiger partial charge in [-0.25, -0.2) is 0 Å². The molecule has 0 bridgehead atoms. The minimum atomic E-state index is -2.34. The smallest absolute Gasteiger partial charge is 0.138 e. The summed E-state index contributed by atoms with van der Waals surface area (Å²) >= 11 is 5.78. The van der Waals surface area contributed by atoms with E-state index in [1.165, 1.54) is 12.1 Å². The highest BCUT2D eigenvalue weighted by atomic mass is 35.5. The average Bonchev–Trinajstić information content (AvgIpc) is 2.09. The van der Waals surface area contributed by atoms with Gasteiger partial charge in [0.15, 0.2) is 0 Å². The maximum absolute atomic E-state index is 10.2. The molecule has 0 N–H and O–H groups in total. The van der Waals surface area contributed by atoms with Crippen LogP contribution in [0.3, 0.4) is 0 Å². The molecule has 0 aromatic heterocycles. The Morgan fingerprint density at radius 1 is 1.43 bits per heavy atom.